The minimum atomic E-state index is 0.239. The number of nitrogens with two attached hydrogens (primary N) is 1. The van der Waals surface area contributed by atoms with E-state index in [1.807, 2.05) is 0 Å². The lowest BCUT2D eigenvalue weighted by Crippen LogP contribution is -3.14. The zero-order chi connectivity index (χ0) is 10.7. The maximum absolute atomic E-state index is 5.33. The maximum Gasteiger partial charge on any atom is 0.184 e. The van der Waals surface area contributed by atoms with E-state index in [1.54, 1.807) is 4.90 Å². The summed E-state index contributed by atoms with van der Waals surface area (Å²) in [5, 5.41) is 4.48. The zero-order valence-corrected chi connectivity index (χ0v) is 9.82. The molecule has 1 heterocycles. The molecule has 4 N–H and O–H groups in total. The van der Waals surface area contributed by atoms with Crippen molar-refractivity contribution in [1.82, 2.24) is 5.43 Å². The molecule has 4 nitrogen and oxygen atoms in total. The van der Waals surface area contributed by atoms with Crippen molar-refractivity contribution in [1.29, 1.82) is 0 Å². The lowest BCUT2D eigenvalue weighted by molar-refractivity contribution is -0.908. The Hall–Kier alpha value is -0.680. The van der Waals surface area contributed by atoms with Gasteiger partial charge < -0.3 is 10.6 Å². The van der Waals surface area contributed by atoms with Crippen molar-refractivity contribution in [2.24, 2.45) is 16.8 Å². The van der Waals surface area contributed by atoms with Crippen LogP contribution in [0.2, 0.25) is 0 Å². The highest BCUT2D eigenvalue weighted by molar-refractivity contribution is 7.80. The van der Waals surface area contributed by atoms with Gasteiger partial charge in [0, 0.05) is 12.3 Å². The van der Waals surface area contributed by atoms with Crippen LogP contribution in [0.1, 0.15) is 20.3 Å². The number of piperidine rings is 1. The van der Waals surface area contributed by atoms with Gasteiger partial charge in [-0.15, -0.1) is 0 Å². The normalized spacial score (nSPS) is 35.6. The predicted octanol–water partition coefficient (Wildman–Crippen LogP) is -0.881. The van der Waals surface area contributed by atoms with Crippen molar-refractivity contribution in [2.45, 2.75) is 26.3 Å². The highest BCUT2D eigenvalue weighted by Gasteiger charge is 2.28. The number of hydrogen-bond acceptors (Lipinski definition) is 2. The first kappa shape index (κ1) is 11.4. The van der Waals surface area contributed by atoms with Crippen LogP contribution in [0.4, 0.5) is 0 Å². The Morgan fingerprint density at radius 1 is 1.64 bits per heavy atom. The molecule has 3 atom stereocenters. The molecule has 0 saturated carbocycles. The molecule has 5 heteroatoms. The first-order valence-corrected chi connectivity index (χ1v) is 5.35. The third-order valence-electron chi connectivity index (χ3n) is 2.86. The fourth-order valence-corrected chi connectivity index (χ4v) is 1.82. The summed E-state index contributed by atoms with van der Waals surface area (Å²) >= 11 is 4.71. The molecule has 1 saturated heterocycles. The first-order chi connectivity index (χ1) is 6.50. The SMILES string of the molecule is C[C@@H]1C[NH+](C)[C@@H](C)CC1=NNC(N)=S. The second-order valence-corrected chi connectivity index (χ2v) is 4.58. The second-order valence-electron chi connectivity index (χ2n) is 4.14. The molecule has 0 aromatic carbocycles. The quantitative estimate of drug-likeness (QED) is 0.393. The molecule has 0 aliphatic carbocycles. The number of rotatable bonds is 1. The highest BCUT2D eigenvalue weighted by Crippen LogP contribution is 2.07. The van der Waals surface area contributed by atoms with Gasteiger partial charge >= 0.3 is 0 Å². The Morgan fingerprint density at radius 2 is 2.29 bits per heavy atom. The number of quaternary nitrogens is 1. The first-order valence-electron chi connectivity index (χ1n) is 4.95. The van der Waals surface area contributed by atoms with Crippen molar-refractivity contribution in [3.05, 3.63) is 0 Å². The Morgan fingerprint density at radius 3 is 2.86 bits per heavy atom. The summed E-state index contributed by atoms with van der Waals surface area (Å²) in [6.45, 7) is 5.55. The van der Waals surface area contributed by atoms with E-state index < -0.39 is 0 Å². The average Bonchev–Trinajstić information content (AvgIpc) is 2.09. The van der Waals surface area contributed by atoms with Gasteiger partial charge in [-0.3, -0.25) is 5.43 Å². The van der Waals surface area contributed by atoms with Crippen LogP contribution < -0.4 is 16.1 Å². The predicted molar refractivity (Wildman–Crippen MR) is 62.4 cm³/mol. The number of nitrogens with zero attached hydrogens (tertiary/aromatic N) is 1. The molecule has 1 unspecified atom stereocenters. The van der Waals surface area contributed by atoms with E-state index in [0.717, 1.165) is 13.0 Å². The van der Waals surface area contributed by atoms with Gasteiger partial charge in [-0.1, -0.05) is 6.92 Å². The van der Waals surface area contributed by atoms with Crippen LogP contribution in [-0.4, -0.2) is 30.5 Å². The second kappa shape index (κ2) is 4.70. The van der Waals surface area contributed by atoms with Gasteiger partial charge in [0.15, 0.2) is 5.11 Å². The van der Waals surface area contributed by atoms with E-state index >= 15 is 0 Å². The van der Waals surface area contributed by atoms with Crippen LogP contribution in [0.25, 0.3) is 0 Å². The number of thiocarbonyl (C=S) groups is 1. The molecule has 1 fully saturated rings. The molecule has 1 rings (SSSR count). The maximum atomic E-state index is 5.33. The van der Waals surface area contributed by atoms with Crippen LogP contribution >= 0.6 is 12.2 Å². The van der Waals surface area contributed by atoms with Crippen LogP contribution in [0, 0.1) is 5.92 Å². The molecule has 0 radical (unpaired) electrons. The van der Waals surface area contributed by atoms with Crippen molar-refractivity contribution in [3.63, 3.8) is 0 Å². The molecule has 0 bridgehead atoms. The Labute approximate surface area is 90.5 Å². The summed E-state index contributed by atoms with van der Waals surface area (Å²) in [5.74, 6) is 0.507. The van der Waals surface area contributed by atoms with Crippen LogP contribution in [0.5, 0.6) is 0 Å². The van der Waals surface area contributed by atoms with E-state index in [1.165, 1.54) is 5.71 Å². The molecule has 0 amide bonds. The van der Waals surface area contributed by atoms with Gasteiger partial charge in [0.25, 0.3) is 0 Å². The summed E-state index contributed by atoms with van der Waals surface area (Å²) in [7, 11) is 2.22. The molecule has 1 aliphatic heterocycles. The Balaban J connectivity index is 2.60. The van der Waals surface area contributed by atoms with E-state index in [2.05, 4.69) is 31.4 Å². The van der Waals surface area contributed by atoms with Crippen LogP contribution in [0.3, 0.4) is 0 Å². The topological polar surface area (TPSA) is 54.8 Å². The summed E-state index contributed by atoms with van der Waals surface area (Å²) in [5.41, 5.74) is 9.17. The van der Waals surface area contributed by atoms with Crippen LogP contribution in [0.15, 0.2) is 5.10 Å². The van der Waals surface area contributed by atoms with Crippen molar-refractivity contribution in [3.8, 4) is 0 Å². The van der Waals surface area contributed by atoms with Crippen molar-refractivity contribution in [2.75, 3.05) is 13.6 Å². The Kier molecular flexibility index (Phi) is 3.83. The van der Waals surface area contributed by atoms with Crippen molar-refractivity contribution >= 4 is 23.0 Å². The standard InChI is InChI=1S/C9H18N4S/c1-6-5-13(3)7(2)4-8(6)11-12-9(10)14/h6-7H,4-5H2,1-3H3,(H3,10,12,14)/p+1/t6-,7+/m1/s1. The van der Waals surface area contributed by atoms with Gasteiger partial charge in [-0.2, -0.15) is 5.10 Å². The van der Waals surface area contributed by atoms with E-state index in [4.69, 9.17) is 18.0 Å². The number of likely N-dealkylation sites (tertiary alicyclic amines) is 1. The third-order valence-corrected chi connectivity index (χ3v) is 2.95. The Bertz CT molecular complexity index is 251. The van der Waals surface area contributed by atoms with Gasteiger partial charge in [0.2, 0.25) is 0 Å². The van der Waals surface area contributed by atoms with Gasteiger partial charge in [-0.25, -0.2) is 0 Å². The van der Waals surface area contributed by atoms with E-state index in [-0.39, 0.29) is 5.11 Å². The summed E-state index contributed by atoms with van der Waals surface area (Å²) in [6.07, 6.45) is 1.02. The molecule has 80 valence electrons. The molecular weight excluding hydrogens is 196 g/mol. The summed E-state index contributed by atoms with van der Waals surface area (Å²) in [6, 6.07) is 0.623. The lowest BCUT2D eigenvalue weighted by atomic mass is 9.93. The summed E-state index contributed by atoms with van der Waals surface area (Å²) in [4.78, 5) is 1.56. The fourth-order valence-electron chi connectivity index (χ4n) is 1.77. The minimum absolute atomic E-state index is 0.239. The number of hydrogen-bond donors (Lipinski definition) is 3. The number of nitrogens with one attached hydrogen (secondary N) is 2. The smallest absolute Gasteiger partial charge is 0.184 e. The molecule has 0 aromatic heterocycles. The largest absolute Gasteiger partial charge is 0.375 e. The molecule has 14 heavy (non-hydrogen) atoms. The monoisotopic (exact) mass is 215 g/mol. The molecule has 0 aromatic rings. The van der Waals surface area contributed by atoms with Gasteiger partial charge in [-0.05, 0) is 19.1 Å². The van der Waals surface area contributed by atoms with Gasteiger partial charge in [0.05, 0.1) is 25.3 Å². The fraction of sp³-hybridized carbons (Fsp3) is 0.778. The molecule has 0 spiro atoms. The molecular formula is C9H19N4S+. The highest BCUT2D eigenvalue weighted by atomic mass is 32.1. The van der Waals surface area contributed by atoms with Gasteiger partial charge in [0.1, 0.15) is 0 Å². The van der Waals surface area contributed by atoms with E-state index in [0.29, 0.717) is 12.0 Å². The third kappa shape index (κ3) is 2.92. The molecule has 1 aliphatic rings. The number of hydrazone groups is 1. The van der Waals surface area contributed by atoms with E-state index in [9.17, 15) is 0 Å². The lowest BCUT2D eigenvalue weighted by Gasteiger charge is -2.31. The summed E-state index contributed by atoms with van der Waals surface area (Å²) < 4.78 is 0. The minimum Gasteiger partial charge on any atom is -0.375 e. The average molecular weight is 215 g/mol. The zero-order valence-electron chi connectivity index (χ0n) is 9.00. The van der Waals surface area contributed by atoms with Crippen molar-refractivity contribution < 1.29 is 4.90 Å². The van der Waals surface area contributed by atoms with Crippen LogP contribution in [-0.2, 0) is 0 Å².